The maximum Gasteiger partial charge on any atom is 0.349 e. The lowest BCUT2D eigenvalue weighted by Crippen LogP contribution is -2.39. The SMILES string of the molecule is COC(=O)C(OC(=O)CC1CSC(c2cc3cc(Cl)cc(NC4CCOCC4)c3[nH]2)=N1)C1CSC(c2cc3cc(Cl)cc(NC4CCOCC4)c3[nH]2)=N1. The molecule has 0 aliphatic carbocycles. The van der Waals surface area contributed by atoms with Crippen LogP contribution in [0.5, 0.6) is 0 Å². The minimum atomic E-state index is -1.18. The van der Waals surface area contributed by atoms with Gasteiger partial charge in [-0.2, -0.15) is 0 Å². The smallest absolute Gasteiger partial charge is 0.349 e. The van der Waals surface area contributed by atoms with Crippen molar-refractivity contribution in [3.05, 3.63) is 57.8 Å². The van der Waals surface area contributed by atoms with Crippen molar-refractivity contribution < 1.29 is 28.5 Å². The number of hydrogen-bond donors (Lipinski definition) is 4. The van der Waals surface area contributed by atoms with Crippen molar-refractivity contribution in [2.45, 2.75) is 62.4 Å². The fraction of sp³-hybridized carbons (Fsp3) is 0.459. The van der Waals surface area contributed by atoms with Crippen molar-refractivity contribution in [3.8, 4) is 0 Å². The highest BCUT2D eigenvalue weighted by atomic mass is 35.5. The number of nitrogens with zero attached hydrogens (tertiary/aromatic N) is 2. The molecule has 4 N–H and O–H groups in total. The third-order valence-electron chi connectivity index (χ3n) is 9.84. The van der Waals surface area contributed by atoms with Crippen molar-refractivity contribution >= 4 is 102 Å². The lowest BCUT2D eigenvalue weighted by Gasteiger charge is -2.24. The van der Waals surface area contributed by atoms with Crippen molar-refractivity contribution in [2.24, 2.45) is 9.98 Å². The van der Waals surface area contributed by atoms with Crippen LogP contribution in [0.1, 0.15) is 43.5 Å². The third kappa shape index (κ3) is 8.32. The van der Waals surface area contributed by atoms with E-state index in [0.717, 1.165) is 107 Å². The van der Waals surface area contributed by atoms with Crippen LogP contribution < -0.4 is 10.6 Å². The zero-order chi connectivity index (χ0) is 36.5. The van der Waals surface area contributed by atoms with Crippen LogP contribution in [-0.2, 0) is 28.5 Å². The molecule has 4 aliphatic heterocycles. The molecule has 2 aromatic heterocycles. The summed E-state index contributed by atoms with van der Waals surface area (Å²) in [5.74, 6) is -0.121. The molecular weight excluding hydrogens is 759 g/mol. The monoisotopic (exact) mass is 798 g/mol. The van der Waals surface area contributed by atoms with Gasteiger partial charge in [0.25, 0.3) is 0 Å². The van der Waals surface area contributed by atoms with Gasteiger partial charge in [0, 0.05) is 70.8 Å². The minimum absolute atomic E-state index is 0.0225. The van der Waals surface area contributed by atoms with Gasteiger partial charge >= 0.3 is 11.9 Å². The Hall–Kier alpha value is -3.40. The van der Waals surface area contributed by atoms with Gasteiger partial charge in [0.2, 0.25) is 6.10 Å². The van der Waals surface area contributed by atoms with Crippen LogP contribution in [0.25, 0.3) is 21.8 Å². The Labute approximate surface area is 324 Å². The number of carbonyl (C=O) groups is 2. The number of benzene rings is 2. The molecule has 4 aliphatic rings. The number of ether oxygens (including phenoxy) is 4. The standard InChI is InChI=1S/C37H40Cl2N6O6S2/c1-48-37(47)34(30-18-53-36(45-30)29-13-20-11-22(39)15-27(33(20)44-29)41-24-4-8-50-9-5-24)51-31(46)16-25-17-52-35(42-25)28-12-19-10-21(38)14-26(32(19)43-28)40-23-2-6-49-7-3-23/h10-15,23-25,30,34,40-41,43-44H,2-9,16-18H2,1H3. The number of H-pyrrole nitrogens is 2. The van der Waals surface area contributed by atoms with Gasteiger partial charge in [-0.3, -0.25) is 14.8 Å². The predicted octanol–water partition coefficient (Wildman–Crippen LogP) is 7.04. The number of esters is 2. The number of carbonyl (C=O) groups excluding carboxylic acids is 2. The van der Waals surface area contributed by atoms with E-state index in [0.29, 0.717) is 33.6 Å². The molecule has 2 saturated heterocycles. The first-order valence-electron chi connectivity index (χ1n) is 17.8. The summed E-state index contributed by atoms with van der Waals surface area (Å²) >= 11 is 16.1. The summed E-state index contributed by atoms with van der Waals surface area (Å²) in [6, 6.07) is 11.4. The first-order chi connectivity index (χ1) is 25.8. The molecule has 8 rings (SSSR count). The number of aliphatic imine (C=N–C) groups is 2. The van der Waals surface area contributed by atoms with Gasteiger partial charge in [-0.15, -0.1) is 23.5 Å². The Balaban J connectivity index is 0.939. The molecule has 16 heteroatoms. The van der Waals surface area contributed by atoms with Gasteiger partial charge in [0.05, 0.1) is 53.4 Å². The second kappa shape index (κ2) is 16.1. The molecule has 0 saturated carbocycles. The van der Waals surface area contributed by atoms with E-state index in [1.807, 2.05) is 36.4 Å². The fourth-order valence-electron chi connectivity index (χ4n) is 7.14. The normalized spacial score (nSPS) is 21.8. The lowest BCUT2D eigenvalue weighted by atomic mass is 10.1. The van der Waals surface area contributed by atoms with E-state index in [1.165, 1.54) is 18.9 Å². The maximum absolute atomic E-state index is 13.3. The largest absolute Gasteiger partial charge is 0.466 e. The average molecular weight is 800 g/mol. The molecule has 0 radical (unpaired) electrons. The molecule has 280 valence electrons. The minimum Gasteiger partial charge on any atom is -0.466 e. The summed E-state index contributed by atoms with van der Waals surface area (Å²) in [6.45, 7) is 2.92. The molecule has 3 unspecified atom stereocenters. The summed E-state index contributed by atoms with van der Waals surface area (Å²) in [5, 5.41) is 12.0. The van der Waals surface area contributed by atoms with Crippen LogP contribution in [0.3, 0.4) is 0 Å². The first kappa shape index (κ1) is 36.6. The number of halogens is 2. The fourth-order valence-corrected chi connectivity index (χ4v) is 9.68. The Morgan fingerprint density at radius 1 is 0.811 bits per heavy atom. The molecule has 3 atom stereocenters. The number of fused-ring (bicyclic) bond motifs is 2. The Bertz CT molecular complexity index is 2070. The van der Waals surface area contributed by atoms with E-state index in [2.05, 4.69) is 20.6 Å². The number of nitrogens with one attached hydrogen (secondary N) is 4. The summed E-state index contributed by atoms with van der Waals surface area (Å²) in [5.41, 5.74) is 5.41. The highest BCUT2D eigenvalue weighted by molar-refractivity contribution is 8.15. The topological polar surface area (TPSA) is 151 Å². The molecule has 2 aromatic carbocycles. The Morgan fingerprint density at radius 3 is 1.89 bits per heavy atom. The van der Waals surface area contributed by atoms with Crippen LogP contribution in [-0.4, -0.2) is 107 Å². The van der Waals surface area contributed by atoms with E-state index >= 15 is 0 Å². The number of aromatic amines is 2. The van der Waals surface area contributed by atoms with Crippen LogP contribution in [0.15, 0.2) is 46.4 Å². The van der Waals surface area contributed by atoms with E-state index < -0.39 is 24.1 Å². The molecule has 0 amide bonds. The maximum atomic E-state index is 13.3. The molecule has 6 heterocycles. The zero-order valence-electron chi connectivity index (χ0n) is 29.0. The number of thioether (sulfide) groups is 2. The summed E-state index contributed by atoms with van der Waals surface area (Å²) in [7, 11) is 1.28. The van der Waals surface area contributed by atoms with Crippen LogP contribution in [0.2, 0.25) is 10.0 Å². The van der Waals surface area contributed by atoms with Crippen LogP contribution in [0.4, 0.5) is 11.4 Å². The van der Waals surface area contributed by atoms with E-state index in [9.17, 15) is 9.59 Å². The van der Waals surface area contributed by atoms with Crippen molar-refractivity contribution in [1.82, 2.24) is 9.97 Å². The molecule has 4 aromatic rings. The Morgan fingerprint density at radius 2 is 1.34 bits per heavy atom. The molecule has 0 spiro atoms. The Kier molecular flexibility index (Phi) is 11.1. The number of rotatable bonds is 11. The van der Waals surface area contributed by atoms with Gasteiger partial charge < -0.3 is 39.5 Å². The second-order valence-corrected chi connectivity index (χ2v) is 16.5. The van der Waals surface area contributed by atoms with Crippen LogP contribution >= 0.6 is 46.7 Å². The van der Waals surface area contributed by atoms with Gasteiger partial charge in [0.15, 0.2) is 0 Å². The molecule has 12 nitrogen and oxygen atoms in total. The number of aromatic nitrogens is 2. The molecule has 2 fully saturated rings. The van der Waals surface area contributed by atoms with Crippen molar-refractivity contribution in [1.29, 1.82) is 0 Å². The van der Waals surface area contributed by atoms with Gasteiger partial charge in [-0.1, -0.05) is 23.2 Å². The number of hydrogen-bond acceptors (Lipinski definition) is 12. The zero-order valence-corrected chi connectivity index (χ0v) is 32.2. The highest BCUT2D eigenvalue weighted by Gasteiger charge is 2.38. The number of anilines is 2. The third-order valence-corrected chi connectivity index (χ3v) is 12.5. The van der Waals surface area contributed by atoms with Crippen LogP contribution in [0, 0.1) is 0 Å². The summed E-state index contributed by atoms with van der Waals surface area (Å²) in [6.07, 6.45) is 2.54. The van der Waals surface area contributed by atoms with E-state index in [1.54, 1.807) is 11.8 Å². The first-order valence-corrected chi connectivity index (χ1v) is 20.5. The van der Waals surface area contributed by atoms with Gasteiger partial charge in [-0.05, 0) is 62.1 Å². The van der Waals surface area contributed by atoms with E-state index in [-0.39, 0.29) is 12.5 Å². The molecular formula is C37H40Cl2N6O6S2. The summed E-state index contributed by atoms with van der Waals surface area (Å²) in [4.78, 5) is 43.0. The number of methoxy groups -OCH3 is 1. The van der Waals surface area contributed by atoms with Crippen molar-refractivity contribution in [3.63, 3.8) is 0 Å². The predicted molar refractivity (Wildman–Crippen MR) is 214 cm³/mol. The second-order valence-electron chi connectivity index (χ2n) is 13.6. The molecule has 0 bridgehead atoms. The summed E-state index contributed by atoms with van der Waals surface area (Å²) < 4.78 is 21.9. The molecule has 53 heavy (non-hydrogen) atoms. The van der Waals surface area contributed by atoms with Crippen molar-refractivity contribution in [2.75, 3.05) is 55.7 Å². The van der Waals surface area contributed by atoms with Gasteiger partial charge in [0.1, 0.15) is 16.1 Å². The lowest BCUT2D eigenvalue weighted by molar-refractivity contribution is -0.167. The van der Waals surface area contributed by atoms with Gasteiger partial charge in [-0.25, -0.2) is 4.79 Å². The average Bonchev–Trinajstić information content (AvgIpc) is 3.97. The highest BCUT2D eigenvalue weighted by Crippen LogP contribution is 2.35. The van der Waals surface area contributed by atoms with E-state index in [4.69, 9.17) is 52.1 Å². The quantitative estimate of drug-likeness (QED) is 0.116.